The Bertz CT molecular complexity index is 434. The summed E-state index contributed by atoms with van der Waals surface area (Å²) in [6, 6.07) is 8.35. The van der Waals surface area contributed by atoms with E-state index in [0.717, 1.165) is 19.6 Å². The highest BCUT2D eigenvalue weighted by molar-refractivity contribution is 5.14. The lowest BCUT2D eigenvalue weighted by molar-refractivity contribution is 0.630. The summed E-state index contributed by atoms with van der Waals surface area (Å²) in [7, 11) is 0. The summed E-state index contributed by atoms with van der Waals surface area (Å²) < 4.78 is 2.26. The fraction of sp³-hybridized carbons (Fsp3) is 0.357. The summed E-state index contributed by atoms with van der Waals surface area (Å²) in [4.78, 5) is 4.14. The Labute approximate surface area is 103 Å². The van der Waals surface area contributed by atoms with Gasteiger partial charge in [0.15, 0.2) is 0 Å². The van der Waals surface area contributed by atoms with E-state index in [1.165, 1.54) is 17.7 Å². The molecule has 1 N–H and O–H groups in total. The van der Waals surface area contributed by atoms with Crippen LogP contribution in [-0.4, -0.2) is 16.1 Å². The summed E-state index contributed by atoms with van der Waals surface area (Å²) in [6.45, 7) is 5.07. The molecule has 0 amide bonds. The molecule has 0 unspecified atom stereocenters. The molecule has 0 saturated carbocycles. The first-order valence-electron chi connectivity index (χ1n) is 6.14. The SMILES string of the molecule is CCCNCc1cccn1Cc1cccnc1. The minimum atomic E-state index is 0.893. The Hall–Kier alpha value is -1.61. The van der Waals surface area contributed by atoms with Crippen LogP contribution in [0.1, 0.15) is 24.6 Å². The fourth-order valence-corrected chi connectivity index (χ4v) is 1.85. The Kier molecular flexibility index (Phi) is 4.33. The van der Waals surface area contributed by atoms with Gasteiger partial charge in [-0.1, -0.05) is 13.0 Å². The van der Waals surface area contributed by atoms with E-state index in [1.807, 2.05) is 18.5 Å². The zero-order valence-corrected chi connectivity index (χ0v) is 10.3. The van der Waals surface area contributed by atoms with Gasteiger partial charge >= 0.3 is 0 Å². The molecule has 2 aromatic heterocycles. The first-order chi connectivity index (χ1) is 8.40. The van der Waals surface area contributed by atoms with Crippen molar-refractivity contribution >= 4 is 0 Å². The molecule has 0 saturated heterocycles. The van der Waals surface area contributed by atoms with Crippen molar-refractivity contribution in [2.75, 3.05) is 6.54 Å². The zero-order valence-electron chi connectivity index (χ0n) is 10.3. The van der Waals surface area contributed by atoms with Crippen molar-refractivity contribution in [1.82, 2.24) is 14.9 Å². The molecule has 0 aromatic carbocycles. The van der Waals surface area contributed by atoms with Gasteiger partial charge < -0.3 is 9.88 Å². The Morgan fingerprint density at radius 1 is 1.29 bits per heavy atom. The van der Waals surface area contributed by atoms with Gasteiger partial charge in [0, 0.05) is 37.4 Å². The molecule has 2 aromatic rings. The van der Waals surface area contributed by atoms with E-state index < -0.39 is 0 Å². The highest BCUT2D eigenvalue weighted by Crippen LogP contribution is 2.06. The average molecular weight is 229 g/mol. The van der Waals surface area contributed by atoms with Gasteiger partial charge in [0.05, 0.1) is 0 Å². The van der Waals surface area contributed by atoms with Crippen LogP contribution in [0, 0.1) is 0 Å². The van der Waals surface area contributed by atoms with Crippen LogP contribution < -0.4 is 5.32 Å². The molecule has 90 valence electrons. The summed E-state index contributed by atoms with van der Waals surface area (Å²) in [5, 5.41) is 3.43. The molecule has 3 nitrogen and oxygen atoms in total. The van der Waals surface area contributed by atoms with Crippen molar-refractivity contribution in [2.24, 2.45) is 0 Å². The molecule has 3 heteroatoms. The quantitative estimate of drug-likeness (QED) is 0.771. The summed E-state index contributed by atoms with van der Waals surface area (Å²) in [6.07, 6.45) is 7.02. The van der Waals surface area contributed by atoms with Crippen LogP contribution in [0.5, 0.6) is 0 Å². The van der Waals surface area contributed by atoms with E-state index in [9.17, 15) is 0 Å². The van der Waals surface area contributed by atoms with Crippen molar-refractivity contribution in [1.29, 1.82) is 0 Å². The van der Waals surface area contributed by atoms with Crippen molar-refractivity contribution in [2.45, 2.75) is 26.4 Å². The summed E-state index contributed by atoms with van der Waals surface area (Å²) in [5.41, 5.74) is 2.56. The van der Waals surface area contributed by atoms with Crippen LogP contribution in [0.25, 0.3) is 0 Å². The van der Waals surface area contributed by atoms with E-state index in [0.29, 0.717) is 0 Å². The molecular weight excluding hydrogens is 210 g/mol. The fourth-order valence-electron chi connectivity index (χ4n) is 1.85. The predicted molar refractivity (Wildman–Crippen MR) is 69.8 cm³/mol. The van der Waals surface area contributed by atoms with Crippen LogP contribution in [0.3, 0.4) is 0 Å². The van der Waals surface area contributed by atoms with Gasteiger partial charge in [0.2, 0.25) is 0 Å². The monoisotopic (exact) mass is 229 g/mol. The standard InChI is InChI=1S/C14H19N3/c1-2-7-15-11-14-6-4-9-17(14)12-13-5-3-8-16-10-13/h3-6,8-10,15H,2,7,11-12H2,1H3. The lowest BCUT2D eigenvalue weighted by atomic mass is 10.3. The molecule has 0 aliphatic rings. The summed E-state index contributed by atoms with van der Waals surface area (Å²) >= 11 is 0. The van der Waals surface area contributed by atoms with E-state index in [1.54, 1.807) is 0 Å². The van der Waals surface area contributed by atoms with Gasteiger partial charge in [-0.3, -0.25) is 4.98 Å². The van der Waals surface area contributed by atoms with Crippen LogP contribution >= 0.6 is 0 Å². The highest BCUT2D eigenvalue weighted by atomic mass is 15.0. The Morgan fingerprint density at radius 3 is 3.00 bits per heavy atom. The van der Waals surface area contributed by atoms with Gasteiger partial charge in [0.25, 0.3) is 0 Å². The molecule has 2 heterocycles. The molecule has 2 rings (SSSR count). The molecule has 17 heavy (non-hydrogen) atoms. The lowest BCUT2D eigenvalue weighted by Crippen LogP contribution is -2.17. The summed E-state index contributed by atoms with van der Waals surface area (Å²) in [5.74, 6) is 0. The average Bonchev–Trinajstić information content (AvgIpc) is 2.79. The van der Waals surface area contributed by atoms with E-state index in [-0.39, 0.29) is 0 Å². The molecule has 0 radical (unpaired) electrons. The number of hydrogen-bond donors (Lipinski definition) is 1. The first-order valence-corrected chi connectivity index (χ1v) is 6.14. The second kappa shape index (κ2) is 6.21. The van der Waals surface area contributed by atoms with Gasteiger partial charge in [-0.25, -0.2) is 0 Å². The molecule has 0 bridgehead atoms. The van der Waals surface area contributed by atoms with Crippen LogP contribution in [-0.2, 0) is 13.1 Å². The largest absolute Gasteiger partial charge is 0.346 e. The smallest absolute Gasteiger partial charge is 0.0488 e. The topological polar surface area (TPSA) is 29.9 Å². The van der Waals surface area contributed by atoms with E-state index in [4.69, 9.17) is 0 Å². The number of pyridine rings is 1. The second-order valence-electron chi connectivity index (χ2n) is 4.17. The predicted octanol–water partition coefficient (Wildman–Crippen LogP) is 2.43. The zero-order chi connectivity index (χ0) is 11.9. The first kappa shape index (κ1) is 11.9. The molecule has 0 spiro atoms. The van der Waals surface area contributed by atoms with E-state index in [2.05, 4.69) is 46.2 Å². The third kappa shape index (κ3) is 3.43. The maximum absolute atomic E-state index is 4.14. The van der Waals surface area contributed by atoms with Crippen LogP contribution in [0.15, 0.2) is 42.9 Å². The number of hydrogen-bond acceptors (Lipinski definition) is 2. The molecule has 0 atom stereocenters. The number of nitrogens with one attached hydrogen (secondary N) is 1. The number of rotatable bonds is 6. The molecule has 0 aliphatic heterocycles. The third-order valence-corrected chi connectivity index (χ3v) is 2.73. The van der Waals surface area contributed by atoms with Crippen LogP contribution in [0.2, 0.25) is 0 Å². The van der Waals surface area contributed by atoms with Gasteiger partial charge in [-0.05, 0) is 36.7 Å². The van der Waals surface area contributed by atoms with E-state index >= 15 is 0 Å². The number of nitrogens with zero attached hydrogens (tertiary/aromatic N) is 2. The highest BCUT2D eigenvalue weighted by Gasteiger charge is 2.01. The molecule has 0 aliphatic carbocycles. The van der Waals surface area contributed by atoms with Crippen LogP contribution in [0.4, 0.5) is 0 Å². The van der Waals surface area contributed by atoms with Gasteiger partial charge in [-0.15, -0.1) is 0 Å². The Morgan fingerprint density at radius 2 is 2.24 bits per heavy atom. The van der Waals surface area contributed by atoms with Crippen molar-refractivity contribution < 1.29 is 0 Å². The normalized spacial score (nSPS) is 10.6. The third-order valence-electron chi connectivity index (χ3n) is 2.73. The van der Waals surface area contributed by atoms with Crippen molar-refractivity contribution in [3.8, 4) is 0 Å². The Balaban J connectivity index is 1.99. The number of aromatic nitrogens is 2. The lowest BCUT2D eigenvalue weighted by Gasteiger charge is -2.09. The maximum atomic E-state index is 4.14. The maximum Gasteiger partial charge on any atom is 0.0488 e. The minimum absolute atomic E-state index is 0.893. The van der Waals surface area contributed by atoms with Crippen molar-refractivity contribution in [3.63, 3.8) is 0 Å². The second-order valence-corrected chi connectivity index (χ2v) is 4.17. The molecular formula is C14H19N3. The van der Waals surface area contributed by atoms with Gasteiger partial charge in [0.1, 0.15) is 0 Å². The molecule has 0 fully saturated rings. The minimum Gasteiger partial charge on any atom is -0.346 e. The van der Waals surface area contributed by atoms with Crippen molar-refractivity contribution in [3.05, 3.63) is 54.1 Å². The van der Waals surface area contributed by atoms with Gasteiger partial charge in [-0.2, -0.15) is 0 Å².